The standard InChI is InChI=1S/C20H27NO6/c1-3-5-11-26-16(17(20(24)25)27-12-6-4-2)13-21-18(22)14-9-7-8-10-15(14)19(21)23/h7-10,16-17H,3-6,11-13H2,1-2H3,(H,24,25)/t16?,17-/m0/s1. The molecule has 0 bridgehead atoms. The zero-order valence-corrected chi connectivity index (χ0v) is 15.8. The van der Waals surface area contributed by atoms with E-state index in [4.69, 9.17) is 9.47 Å². The van der Waals surface area contributed by atoms with Gasteiger partial charge in [0, 0.05) is 13.2 Å². The minimum Gasteiger partial charge on any atom is -0.479 e. The van der Waals surface area contributed by atoms with E-state index in [9.17, 15) is 19.5 Å². The fourth-order valence-electron chi connectivity index (χ4n) is 2.89. The van der Waals surface area contributed by atoms with Crippen LogP contribution in [0.5, 0.6) is 0 Å². The minimum atomic E-state index is -1.24. The van der Waals surface area contributed by atoms with Crippen molar-refractivity contribution in [3.8, 4) is 0 Å². The van der Waals surface area contributed by atoms with Crippen molar-refractivity contribution in [2.75, 3.05) is 19.8 Å². The van der Waals surface area contributed by atoms with Crippen LogP contribution in [-0.2, 0) is 14.3 Å². The summed E-state index contributed by atoms with van der Waals surface area (Å²) in [6.07, 6.45) is 1.06. The fraction of sp³-hybridized carbons (Fsp3) is 0.550. The Labute approximate surface area is 159 Å². The van der Waals surface area contributed by atoms with Gasteiger partial charge in [0.2, 0.25) is 0 Å². The highest BCUT2D eigenvalue weighted by molar-refractivity contribution is 6.21. The summed E-state index contributed by atoms with van der Waals surface area (Å²) in [4.78, 5) is 38.0. The van der Waals surface area contributed by atoms with Crippen LogP contribution >= 0.6 is 0 Å². The highest BCUT2D eigenvalue weighted by Crippen LogP contribution is 2.24. The van der Waals surface area contributed by atoms with Gasteiger partial charge in [-0.2, -0.15) is 0 Å². The highest BCUT2D eigenvalue weighted by Gasteiger charge is 2.40. The van der Waals surface area contributed by atoms with Gasteiger partial charge in [0.15, 0.2) is 6.10 Å². The molecule has 0 spiro atoms. The zero-order chi connectivity index (χ0) is 19.8. The number of hydrogen-bond acceptors (Lipinski definition) is 5. The SMILES string of the molecule is CCCCOC(CN1C(=O)c2ccccc2C1=O)[C@H](OCCCC)C(=O)O. The molecule has 1 aromatic rings. The molecule has 27 heavy (non-hydrogen) atoms. The number of rotatable bonds is 12. The van der Waals surface area contributed by atoms with E-state index in [1.807, 2.05) is 13.8 Å². The van der Waals surface area contributed by atoms with E-state index in [1.54, 1.807) is 24.3 Å². The first kappa shape index (κ1) is 21.1. The molecular weight excluding hydrogens is 350 g/mol. The van der Waals surface area contributed by atoms with E-state index >= 15 is 0 Å². The lowest BCUT2D eigenvalue weighted by atomic mass is 10.1. The average Bonchev–Trinajstić information content (AvgIpc) is 2.90. The number of imide groups is 1. The van der Waals surface area contributed by atoms with E-state index < -0.39 is 30.0 Å². The number of amides is 2. The monoisotopic (exact) mass is 377 g/mol. The Kier molecular flexibility index (Phi) is 7.94. The second kappa shape index (κ2) is 10.2. The molecule has 0 saturated carbocycles. The van der Waals surface area contributed by atoms with Gasteiger partial charge in [-0.15, -0.1) is 0 Å². The van der Waals surface area contributed by atoms with Crippen LogP contribution in [-0.4, -0.2) is 59.8 Å². The van der Waals surface area contributed by atoms with E-state index in [-0.39, 0.29) is 13.2 Å². The number of fused-ring (bicyclic) bond motifs is 1. The van der Waals surface area contributed by atoms with Crippen molar-refractivity contribution in [3.05, 3.63) is 35.4 Å². The summed E-state index contributed by atoms with van der Waals surface area (Å²) >= 11 is 0. The molecule has 1 aromatic carbocycles. The summed E-state index contributed by atoms with van der Waals surface area (Å²) in [7, 11) is 0. The van der Waals surface area contributed by atoms with Crippen LogP contribution in [0, 0.1) is 0 Å². The number of carbonyl (C=O) groups excluding carboxylic acids is 2. The van der Waals surface area contributed by atoms with Gasteiger partial charge in [0.25, 0.3) is 11.8 Å². The van der Waals surface area contributed by atoms with E-state index in [2.05, 4.69) is 0 Å². The van der Waals surface area contributed by atoms with Crippen molar-refractivity contribution in [1.82, 2.24) is 4.90 Å². The van der Waals surface area contributed by atoms with Crippen LogP contribution in [0.15, 0.2) is 24.3 Å². The molecule has 1 unspecified atom stereocenters. The summed E-state index contributed by atoms with van der Waals surface area (Å²) in [5.41, 5.74) is 0.655. The van der Waals surface area contributed by atoms with Gasteiger partial charge in [-0.25, -0.2) is 4.79 Å². The smallest absolute Gasteiger partial charge is 0.335 e. The highest BCUT2D eigenvalue weighted by atomic mass is 16.6. The molecule has 0 fully saturated rings. The normalized spacial score (nSPS) is 15.7. The van der Waals surface area contributed by atoms with Crippen molar-refractivity contribution in [3.63, 3.8) is 0 Å². The second-order valence-electron chi connectivity index (χ2n) is 6.51. The molecule has 148 valence electrons. The van der Waals surface area contributed by atoms with Crippen molar-refractivity contribution in [1.29, 1.82) is 0 Å². The van der Waals surface area contributed by atoms with Crippen LogP contribution < -0.4 is 0 Å². The Balaban J connectivity index is 2.17. The van der Waals surface area contributed by atoms with Crippen LogP contribution in [0.2, 0.25) is 0 Å². The number of carboxylic acid groups (broad SMARTS) is 1. The number of unbranched alkanes of at least 4 members (excludes halogenated alkanes) is 2. The lowest BCUT2D eigenvalue weighted by Gasteiger charge is -2.27. The topological polar surface area (TPSA) is 93.1 Å². The molecule has 1 aliphatic rings. The van der Waals surface area contributed by atoms with Gasteiger partial charge in [0.1, 0.15) is 6.10 Å². The predicted molar refractivity (Wildman–Crippen MR) is 98.7 cm³/mol. The van der Waals surface area contributed by atoms with Gasteiger partial charge in [-0.1, -0.05) is 38.8 Å². The molecule has 0 saturated heterocycles. The first-order chi connectivity index (χ1) is 13.0. The first-order valence-corrected chi connectivity index (χ1v) is 9.42. The van der Waals surface area contributed by atoms with Gasteiger partial charge >= 0.3 is 5.97 Å². The fourth-order valence-corrected chi connectivity index (χ4v) is 2.89. The van der Waals surface area contributed by atoms with Crippen LogP contribution in [0.25, 0.3) is 0 Å². The van der Waals surface area contributed by atoms with Crippen molar-refractivity contribution in [2.45, 2.75) is 51.7 Å². The number of carboxylic acids is 1. The van der Waals surface area contributed by atoms with E-state index in [0.29, 0.717) is 17.7 Å². The number of nitrogens with zero attached hydrogens (tertiary/aromatic N) is 1. The molecule has 0 aromatic heterocycles. The molecule has 2 atom stereocenters. The number of aliphatic carboxylic acids is 1. The molecule has 2 rings (SSSR count). The minimum absolute atomic E-state index is 0.154. The Morgan fingerprint density at radius 3 is 2.00 bits per heavy atom. The maximum Gasteiger partial charge on any atom is 0.335 e. The maximum absolute atomic E-state index is 12.6. The number of benzene rings is 1. The molecule has 0 radical (unpaired) electrons. The maximum atomic E-state index is 12.6. The summed E-state index contributed by atoms with van der Waals surface area (Å²) in [6, 6.07) is 6.57. The van der Waals surface area contributed by atoms with Crippen molar-refractivity contribution >= 4 is 17.8 Å². The Morgan fingerprint density at radius 1 is 1.00 bits per heavy atom. The summed E-state index contributed by atoms with van der Waals surface area (Å²) < 4.78 is 11.3. The van der Waals surface area contributed by atoms with Gasteiger partial charge in [0.05, 0.1) is 17.7 Å². The molecule has 2 amide bonds. The lowest BCUT2D eigenvalue weighted by molar-refractivity contribution is -0.163. The zero-order valence-electron chi connectivity index (χ0n) is 15.8. The molecule has 0 aliphatic carbocycles. The number of hydrogen-bond donors (Lipinski definition) is 1. The van der Waals surface area contributed by atoms with Crippen molar-refractivity contribution in [2.24, 2.45) is 0 Å². The largest absolute Gasteiger partial charge is 0.479 e. The van der Waals surface area contributed by atoms with Crippen LogP contribution in [0.3, 0.4) is 0 Å². The molecule has 7 nitrogen and oxygen atoms in total. The molecule has 1 aliphatic heterocycles. The Morgan fingerprint density at radius 2 is 1.52 bits per heavy atom. The van der Waals surface area contributed by atoms with Gasteiger partial charge < -0.3 is 14.6 Å². The summed E-state index contributed by atoms with van der Waals surface area (Å²) in [5, 5.41) is 9.59. The quantitative estimate of drug-likeness (QED) is 0.445. The Hall–Kier alpha value is -2.25. The van der Waals surface area contributed by atoms with E-state index in [0.717, 1.165) is 30.6 Å². The third-order valence-corrected chi connectivity index (χ3v) is 4.45. The van der Waals surface area contributed by atoms with Gasteiger partial charge in [-0.3, -0.25) is 14.5 Å². The number of carbonyl (C=O) groups is 3. The van der Waals surface area contributed by atoms with Crippen molar-refractivity contribution < 1.29 is 29.0 Å². The van der Waals surface area contributed by atoms with Crippen LogP contribution in [0.1, 0.15) is 60.2 Å². The second-order valence-corrected chi connectivity index (χ2v) is 6.51. The molecule has 1 N–H and O–H groups in total. The predicted octanol–water partition coefficient (Wildman–Crippen LogP) is 2.74. The summed E-state index contributed by atoms with van der Waals surface area (Å²) in [5.74, 6) is -2.03. The third-order valence-electron chi connectivity index (χ3n) is 4.45. The average molecular weight is 377 g/mol. The van der Waals surface area contributed by atoms with Gasteiger partial charge in [-0.05, 0) is 25.0 Å². The molecule has 7 heteroatoms. The Bertz CT molecular complexity index is 639. The van der Waals surface area contributed by atoms with Crippen LogP contribution in [0.4, 0.5) is 0 Å². The molecular formula is C20H27NO6. The number of ether oxygens (including phenoxy) is 2. The first-order valence-electron chi connectivity index (χ1n) is 9.42. The lowest BCUT2D eigenvalue weighted by Crippen LogP contribution is -2.47. The molecule has 1 heterocycles. The van der Waals surface area contributed by atoms with E-state index in [1.165, 1.54) is 0 Å². The third kappa shape index (κ3) is 5.14. The summed E-state index contributed by atoms with van der Waals surface area (Å²) in [6.45, 7) is 4.44.